The number of nitrogens with one attached hydrogen (secondary N) is 1. The van der Waals surface area contributed by atoms with Crippen molar-refractivity contribution in [2.75, 3.05) is 30.9 Å². The summed E-state index contributed by atoms with van der Waals surface area (Å²) >= 11 is 0. The van der Waals surface area contributed by atoms with E-state index in [0.717, 1.165) is 11.5 Å². The van der Waals surface area contributed by atoms with Crippen LogP contribution in [-0.2, 0) is 4.79 Å². The lowest BCUT2D eigenvalue weighted by Crippen LogP contribution is -2.21. The first kappa shape index (κ1) is 13.4. The molecule has 0 aliphatic heterocycles. The normalized spacial score (nSPS) is 12.0. The Morgan fingerprint density at radius 3 is 2.88 bits per heavy atom. The number of hydrogen-bond donors (Lipinski definition) is 2. The summed E-state index contributed by atoms with van der Waals surface area (Å²) in [6.45, 7) is 2.47. The van der Waals surface area contributed by atoms with Gasteiger partial charge in [0.05, 0.1) is 5.69 Å². The molecule has 1 aromatic rings. The molecule has 5 nitrogen and oxygen atoms in total. The van der Waals surface area contributed by atoms with Crippen molar-refractivity contribution in [3.05, 3.63) is 18.3 Å². The first-order chi connectivity index (χ1) is 8.04. The van der Waals surface area contributed by atoms with E-state index >= 15 is 0 Å². The minimum atomic E-state index is -0.0287. The van der Waals surface area contributed by atoms with Gasteiger partial charge in [0.15, 0.2) is 5.82 Å². The van der Waals surface area contributed by atoms with Crippen LogP contribution in [0, 0.1) is 5.92 Å². The van der Waals surface area contributed by atoms with Crippen LogP contribution in [0.15, 0.2) is 18.3 Å². The van der Waals surface area contributed by atoms with Crippen molar-refractivity contribution in [2.24, 2.45) is 11.7 Å². The zero-order chi connectivity index (χ0) is 12.8. The maximum absolute atomic E-state index is 11.7. The highest BCUT2D eigenvalue weighted by Crippen LogP contribution is 2.20. The number of carbonyl (C=O) groups excluding carboxylic acids is 1. The minimum absolute atomic E-state index is 0.0287. The SMILES string of the molecule is CC(CN)CC(=O)Nc1cccnc1N(C)C. The molecule has 0 aliphatic rings. The number of rotatable bonds is 5. The van der Waals surface area contributed by atoms with Crippen molar-refractivity contribution in [3.63, 3.8) is 0 Å². The fraction of sp³-hybridized carbons (Fsp3) is 0.500. The minimum Gasteiger partial charge on any atom is -0.361 e. The van der Waals surface area contributed by atoms with Crippen LogP contribution in [0.25, 0.3) is 0 Å². The molecule has 5 heteroatoms. The monoisotopic (exact) mass is 236 g/mol. The fourth-order valence-corrected chi connectivity index (χ4v) is 1.45. The maximum Gasteiger partial charge on any atom is 0.224 e. The van der Waals surface area contributed by atoms with E-state index in [9.17, 15) is 4.79 Å². The smallest absolute Gasteiger partial charge is 0.224 e. The van der Waals surface area contributed by atoms with E-state index in [4.69, 9.17) is 5.73 Å². The number of aromatic nitrogens is 1. The average molecular weight is 236 g/mol. The van der Waals surface area contributed by atoms with Crippen molar-refractivity contribution >= 4 is 17.4 Å². The zero-order valence-corrected chi connectivity index (χ0v) is 10.6. The van der Waals surface area contributed by atoms with Crippen LogP contribution >= 0.6 is 0 Å². The Labute approximate surface area is 102 Å². The second-order valence-electron chi connectivity index (χ2n) is 4.36. The van der Waals surface area contributed by atoms with Gasteiger partial charge in [-0.05, 0) is 24.6 Å². The molecule has 1 unspecified atom stereocenters. The van der Waals surface area contributed by atoms with Crippen LogP contribution in [0.5, 0.6) is 0 Å². The van der Waals surface area contributed by atoms with Gasteiger partial charge in [-0.2, -0.15) is 0 Å². The fourth-order valence-electron chi connectivity index (χ4n) is 1.45. The summed E-state index contributed by atoms with van der Waals surface area (Å²) in [5.74, 6) is 0.912. The number of hydrogen-bond acceptors (Lipinski definition) is 4. The van der Waals surface area contributed by atoms with Crippen molar-refractivity contribution in [1.29, 1.82) is 0 Å². The molecule has 0 fully saturated rings. The van der Waals surface area contributed by atoms with Crippen molar-refractivity contribution < 1.29 is 4.79 Å². The Morgan fingerprint density at radius 2 is 2.29 bits per heavy atom. The van der Waals surface area contributed by atoms with Crippen molar-refractivity contribution in [1.82, 2.24) is 4.98 Å². The third kappa shape index (κ3) is 4.03. The lowest BCUT2D eigenvalue weighted by atomic mass is 10.1. The Bertz CT molecular complexity index is 379. The highest BCUT2D eigenvalue weighted by molar-refractivity contribution is 5.93. The van der Waals surface area contributed by atoms with Crippen LogP contribution in [0.2, 0.25) is 0 Å². The van der Waals surface area contributed by atoms with Gasteiger partial charge in [-0.1, -0.05) is 6.92 Å². The molecule has 0 saturated carbocycles. The van der Waals surface area contributed by atoms with E-state index in [1.54, 1.807) is 12.3 Å². The summed E-state index contributed by atoms with van der Waals surface area (Å²) in [5.41, 5.74) is 6.22. The third-order valence-electron chi connectivity index (χ3n) is 2.42. The molecule has 1 atom stereocenters. The molecular formula is C12H20N4O. The quantitative estimate of drug-likeness (QED) is 0.802. The predicted octanol–water partition coefficient (Wildman–Crippen LogP) is 1.07. The molecule has 0 radical (unpaired) electrons. The lowest BCUT2D eigenvalue weighted by molar-refractivity contribution is -0.116. The highest BCUT2D eigenvalue weighted by atomic mass is 16.1. The molecule has 1 amide bonds. The number of carbonyl (C=O) groups is 1. The second kappa shape index (κ2) is 6.20. The highest BCUT2D eigenvalue weighted by Gasteiger charge is 2.11. The molecule has 3 N–H and O–H groups in total. The summed E-state index contributed by atoms with van der Waals surface area (Å²) in [6.07, 6.45) is 2.13. The Balaban J connectivity index is 2.71. The Hall–Kier alpha value is -1.62. The van der Waals surface area contributed by atoms with Gasteiger partial charge in [0.2, 0.25) is 5.91 Å². The van der Waals surface area contributed by atoms with Gasteiger partial charge in [-0.3, -0.25) is 4.79 Å². The summed E-state index contributed by atoms with van der Waals surface area (Å²) in [6, 6.07) is 3.64. The molecule has 17 heavy (non-hydrogen) atoms. The van der Waals surface area contributed by atoms with Gasteiger partial charge < -0.3 is 16.0 Å². The van der Waals surface area contributed by atoms with Crippen molar-refractivity contribution in [2.45, 2.75) is 13.3 Å². The second-order valence-corrected chi connectivity index (χ2v) is 4.36. The number of amides is 1. The number of nitrogens with two attached hydrogens (primary N) is 1. The first-order valence-corrected chi connectivity index (χ1v) is 5.66. The lowest BCUT2D eigenvalue weighted by Gasteiger charge is -2.16. The molecule has 0 saturated heterocycles. The molecular weight excluding hydrogens is 216 g/mol. The Kier molecular flexibility index (Phi) is 4.90. The van der Waals surface area contributed by atoms with Gasteiger partial charge in [-0.25, -0.2) is 4.98 Å². The molecule has 0 aromatic carbocycles. The molecule has 1 rings (SSSR count). The topological polar surface area (TPSA) is 71.2 Å². The standard InChI is InChI=1S/C12H20N4O/c1-9(8-13)7-11(17)15-10-5-4-6-14-12(10)16(2)3/h4-6,9H,7-8,13H2,1-3H3,(H,15,17). The predicted molar refractivity (Wildman–Crippen MR) is 70.0 cm³/mol. The molecule has 94 valence electrons. The largest absolute Gasteiger partial charge is 0.361 e. The first-order valence-electron chi connectivity index (χ1n) is 5.66. The summed E-state index contributed by atoms with van der Waals surface area (Å²) in [5, 5.41) is 2.86. The van der Waals surface area contributed by atoms with Crippen molar-refractivity contribution in [3.8, 4) is 0 Å². The van der Waals surface area contributed by atoms with E-state index in [0.29, 0.717) is 13.0 Å². The molecule has 1 aromatic heterocycles. The zero-order valence-electron chi connectivity index (χ0n) is 10.6. The van der Waals surface area contributed by atoms with Gasteiger partial charge in [-0.15, -0.1) is 0 Å². The summed E-state index contributed by atoms with van der Waals surface area (Å²) in [7, 11) is 3.78. The molecule has 0 spiro atoms. The van der Waals surface area contributed by atoms with Gasteiger partial charge in [0.25, 0.3) is 0 Å². The third-order valence-corrected chi connectivity index (χ3v) is 2.42. The Morgan fingerprint density at radius 1 is 1.59 bits per heavy atom. The van der Waals surface area contributed by atoms with Gasteiger partial charge >= 0.3 is 0 Å². The number of pyridine rings is 1. The maximum atomic E-state index is 11.7. The molecule has 0 bridgehead atoms. The van der Waals surface area contributed by atoms with Crippen LogP contribution in [0.1, 0.15) is 13.3 Å². The van der Waals surface area contributed by atoms with E-state index in [1.165, 1.54) is 0 Å². The van der Waals surface area contributed by atoms with Crippen LogP contribution in [-0.4, -0.2) is 31.5 Å². The molecule has 0 aliphatic carbocycles. The van der Waals surface area contributed by atoms with Gasteiger partial charge in [0.1, 0.15) is 0 Å². The van der Waals surface area contributed by atoms with Crippen LogP contribution in [0.4, 0.5) is 11.5 Å². The van der Waals surface area contributed by atoms with Crippen LogP contribution in [0.3, 0.4) is 0 Å². The van der Waals surface area contributed by atoms with E-state index in [1.807, 2.05) is 32.0 Å². The average Bonchev–Trinajstić information content (AvgIpc) is 2.29. The van der Waals surface area contributed by atoms with Gasteiger partial charge in [0, 0.05) is 26.7 Å². The van der Waals surface area contributed by atoms with E-state index < -0.39 is 0 Å². The number of anilines is 2. The molecule has 1 heterocycles. The van der Waals surface area contributed by atoms with E-state index in [-0.39, 0.29) is 11.8 Å². The number of nitrogens with zero attached hydrogens (tertiary/aromatic N) is 2. The summed E-state index contributed by atoms with van der Waals surface area (Å²) < 4.78 is 0. The summed E-state index contributed by atoms with van der Waals surface area (Å²) in [4.78, 5) is 17.8. The van der Waals surface area contributed by atoms with E-state index in [2.05, 4.69) is 10.3 Å². The van der Waals surface area contributed by atoms with Crippen LogP contribution < -0.4 is 16.0 Å².